The molecule has 0 saturated heterocycles. The van der Waals surface area contributed by atoms with Crippen LogP contribution in [0.25, 0.3) is 0 Å². The first-order valence-corrected chi connectivity index (χ1v) is 7.69. The highest BCUT2D eigenvalue weighted by Gasteiger charge is 2.29. The Kier molecular flexibility index (Phi) is 6.25. The number of ketones is 1. The minimum Gasteiger partial charge on any atom is -0.461 e. The molecule has 2 aromatic rings. The van der Waals surface area contributed by atoms with Gasteiger partial charge in [0.15, 0.2) is 11.5 Å². The minimum absolute atomic E-state index is 0.00618. The molecule has 1 N–H and O–H groups in total. The summed E-state index contributed by atoms with van der Waals surface area (Å²) >= 11 is 0. The number of hydrogen-bond donors (Lipinski definition) is 1. The second kappa shape index (κ2) is 8.62. The Bertz CT molecular complexity index is 711. The second-order valence-electron chi connectivity index (χ2n) is 5.16. The van der Waals surface area contributed by atoms with Crippen molar-refractivity contribution in [3.63, 3.8) is 0 Å². The fourth-order valence-electron chi connectivity index (χ4n) is 2.44. The Morgan fingerprint density at radius 1 is 1.04 bits per heavy atom. The molecule has 0 saturated carbocycles. The van der Waals surface area contributed by atoms with Crippen molar-refractivity contribution in [1.29, 1.82) is 0 Å². The van der Waals surface area contributed by atoms with Gasteiger partial charge in [-0.05, 0) is 12.5 Å². The van der Waals surface area contributed by atoms with Crippen molar-refractivity contribution in [2.45, 2.75) is 19.3 Å². The first-order chi connectivity index (χ1) is 11.7. The van der Waals surface area contributed by atoms with Crippen LogP contribution >= 0.6 is 0 Å². The molecule has 0 aliphatic rings. The normalized spacial score (nSPS) is 12.5. The third-order valence-corrected chi connectivity index (χ3v) is 3.61. The lowest BCUT2D eigenvalue weighted by molar-refractivity contribution is -0.135. The molecule has 1 atom stereocenters. The monoisotopic (exact) mass is 325 g/mol. The van der Waals surface area contributed by atoms with E-state index in [4.69, 9.17) is 4.74 Å². The zero-order valence-corrected chi connectivity index (χ0v) is 13.4. The van der Waals surface area contributed by atoms with Gasteiger partial charge in [-0.25, -0.2) is 4.79 Å². The van der Waals surface area contributed by atoms with Crippen LogP contribution in [-0.2, 0) is 9.53 Å². The average molecular weight is 325 g/mol. The first-order valence-electron chi connectivity index (χ1n) is 7.69. The van der Waals surface area contributed by atoms with Crippen molar-refractivity contribution in [3.05, 3.63) is 71.8 Å². The van der Waals surface area contributed by atoms with Crippen LogP contribution in [-0.4, -0.2) is 29.3 Å². The Balaban J connectivity index is 2.33. The highest BCUT2D eigenvalue weighted by molar-refractivity contribution is 6.39. The van der Waals surface area contributed by atoms with Gasteiger partial charge in [-0.2, -0.15) is 0 Å². The molecule has 0 radical (unpaired) electrons. The number of rotatable bonds is 7. The molecule has 5 heteroatoms. The van der Waals surface area contributed by atoms with E-state index >= 15 is 0 Å². The number of carbonyl (C=O) groups is 2. The van der Waals surface area contributed by atoms with Gasteiger partial charge in [-0.3, -0.25) is 4.79 Å². The lowest BCUT2D eigenvalue weighted by atomic mass is 9.87. The van der Waals surface area contributed by atoms with Gasteiger partial charge in [0.1, 0.15) is 0 Å². The Hall–Kier alpha value is -2.95. The molecular weight excluding hydrogens is 306 g/mol. The molecule has 124 valence electrons. The molecule has 0 amide bonds. The Labute approximate surface area is 140 Å². The maximum atomic E-state index is 12.5. The number of ether oxygens (including phenoxy) is 1. The van der Waals surface area contributed by atoms with Crippen LogP contribution in [0.4, 0.5) is 0 Å². The van der Waals surface area contributed by atoms with Gasteiger partial charge in [0.05, 0.1) is 6.61 Å². The van der Waals surface area contributed by atoms with Crippen LogP contribution in [0.3, 0.4) is 0 Å². The molecule has 0 heterocycles. The van der Waals surface area contributed by atoms with Gasteiger partial charge in [0.25, 0.3) is 0 Å². The van der Waals surface area contributed by atoms with Gasteiger partial charge in [0, 0.05) is 17.9 Å². The second-order valence-corrected chi connectivity index (χ2v) is 5.16. The number of hydrogen-bond acceptors (Lipinski definition) is 5. The summed E-state index contributed by atoms with van der Waals surface area (Å²) in [5.41, 5.74) is 1.08. The summed E-state index contributed by atoms with van der Waals surface area (Å²) in [7, 11) is 0. The molecule has 0 bridgehead atoms. The molecule has 5 nitrogen and oxygen atoms in total. The molecular formula is C19H19NO4. The topological polar surface area (TPSA) is 76.0 Å². The molecule has 24 heavy (non-hydrogen) atoms. The summed E-state index contributed by atoms with van der Waals surface area (Å²) in [6.07, 6.45) is 0.00618. The molecule has 0 spiro atoms. The van der Waals surface area contributed by atoms with Crippen LogP contribution in [0, 0.1) is 0 Å². The van der Waals surface area contributed by atoms with Crippen molar-refractivity contribution in [3.8, 4) is 0 Å². The third-order valence-electron chi connectivity index (χ3n) is 3.61. The van der Waals surface area contributed by atoms with E-state index in [2.05, 4.69) is 5.16 Å². The van der Waals surface area contributed by atoms with Crippen LogP contribution < -0.4 is 0 Å². The first kappa shape index (κ1) is 17.4. The van der Waals surface area contributed by atoms with Gasteiger partial charge < -0.3 is 9.94 Å². The van der Waals surface area contributed by atoms with Crippen LogP contribution in [0.15, 0.2) is 65.8 Å². The summed E-state index contributed by atoms with van der Waals surface area (Å²) in [5.74, 6) is -1.55. The maximum absolute atomic E-state index is 12.5. The molecule has 0 fully saturated rings. The SMILES string of the molecule is CCOC(=O)/C(=N\O)[C@@H](CC(=O)c1ccccc1)c1ccccc1. The standard InChI is InChI=1S/C19H19NO4/c1-2-24-19(22)18(20-23)16(14-9-5-3-6-10-14)13-17(21)15-11-7-4-8-12-15/h3-12,16,23H,2,13H2,1H3/b20-18-/t16-/m0/s1. The lowest BCUT2D eigenvalue weighted by Gasteiger charge is -2.17. The highest BCUT2D eigenvalue weighted by atomic mass is 16.5. The zero-order valence-electron chi connectivity index (χ0n) is 13.4. The Morgan fingerprint density at radius 3 is 2.17 bits per heavy atom. The molecule has 2 aromatic carbocycles. The van der Waals surface area contributed by atoms with E-state index in [1.165, 1.54) is 0 Å². The zero-order chi connectivity index (χ0) is 17.4. The van der Waals surface area contributed by atoms with Crippen LogP contribution in [0.5, 0.6) is 0 Å². The number of benzene rings is 2. The van der Waals surface area contributed by atoms with Crippen molar-refractivity contribution in [2.75, 3.05) is 6.61 Å². The van der Waals surface area contributed by atoms with E-state index in [1.807, 2.05) is 12.1 Å². The van der Waals surface area contributed by atoms with Gasteiger partial charge in [0.2, 0.25) is 0 Å². The fraction of sp³-hybridized carbons (Fsp3) is 0.211. The molecule has 0 aliphatic heterocycles. The number of nitrogens with zero attached hydrogens (tertiary/aromatic N) is 1. The van der Waals surface area contributed by atoms with Crippen molar-refractivity contribution in [2.24, 2.45) is 5.16 Å². The predicted molar refractivity (Wildman–Crippen MR) is 90.4 cm³/mol. The van der Waals surface area contributed by atoms with Crippen LogP contribution in [0.2, 0.25) is 0 Å². The van der Waals surface area contributed by atoms with Crippen molar-refractivity contribution in [1.82, 2.24) is 0 Å². The lowest BCUT2D eigenvalue weighted by Crippen LogP contribution is -2.27. The number of Topliss-reactive ketones (excluding diaryl/α,β-unsaturated/α-hetero) is 1. The summed E-state index contributed by atoms with van der Waals surface area (Å²) < 4.78 is 4.94. The van der Waals surface area contributed by atoms with Crippen molar-refractivity contribution >= 4 is 17.5 Å². The minimum atomic E-state index is -0.727. The molecule has 2 rings (SSSR count). The summed E-state index contributed by atoms with van der Waals surface area (Å²) in [5, 5.41) is 12.4. The van der Waals surface area contributed by atoms with E-state index in [0.717, 1.165) is 0 Å². The molecule has 0 aromatic heterocycles. The van der Waals surface area contributed by atoms with E-state index in [9.17, 15) is 14.8 Å². The predicted octanol–water partition coefficient (Wildman–Crippen LogP) is 3.44. The average Bonchev–Trinajstić information content (AvgIpc) is 2.63. The molecule has 0 unspecified atom stereocenters. The third kappa shape index (κ3) is 4.29. The Morgan fingerprint density at radius 2 is 1.62 bits per heavy atom. The van der Waals surface area contributed by atoms with Crippen LogP contribution in [0.1, 0.15) is 35.2 Å². The quantitative estimate of drug-likeness (QED) is 0.278. The van der Waals surface area contributed by atoms with Gasteiger partial charge >= 0.3 is 5.97 Å². The molecule has 0 aliphatic carbocycles. The van der Waals surface area contributed by atoms with Crippen molar-refractivity contribution < 1.29 is 19.5 Å². The fourth-order valence-corrected chi connectivity index (χ4v) is 2.44. The highest BCUT2D eigenvalue weighted by Crippen LogP contribution is 2.24. The summed E-state index contributed by atoms with van der Waals surface area (Å²) in [6.45, 7) is 1.82. The van der Waals surface area contributed by atoms with E-state index in [-0.39, 0.29) is 24.5 Å². The van der Waals surface area contributed by atoms with E-state index in [0.29, 0.717) is 11.1 Å². The number of oxime groups is 1. The maximum Gasteiger partial charge on any atom is 0.356 e. The smallest absolute Gasteiger partial charge is 0.356 e. The number of carbonyl (C=O) groups excluding carboxylic acids is 2. The number of esters is 1. The van der Waals surface area contributed by atoms with Gasteiger partial charge in [-0.1, -0.05) is 65.8 Å². The largest absolute Gasteiger partial charge is 0.461 e. The van der Waals surface area contributed by atoms with E-state index < -0.39 is 11.9 Å². The summed E-state index contributed by atoms with van der Waals surface area (Å²) in [4.78, 5) is 24.6. The summed E-state index contributed by atoms with van der Waals surface area (Å²) in [6, 6.07) is 17.8. The van der Waals surface area contributed by atoms with Gasteiger partial charge in [-0.15, -0.1) is 0 Å². The van der Waals surface area contributed by atoms with E-state index in [1.54, 1.807) is 55.5 Å².